The largest absolute Gasteiger partial charge is 0.381 e. The molecule has 2 aromatic carbocycles. The van der Waals surface area contributed by atoms with E-state index in [0.717, 1.165) is 5.69 Å². The van der Waals surface area contributed by atoms with Crippen LogP contribution in [0.15, 0.2) is 47.4 Å². The summed E-state index contributed by atoms with van der Waals surface area (Å²) in [5.41, 5.74) is 4.64. The summed E-state index contributed by atoms with van der Waals surface area (Å²) in [5, 5.41) is 3.29. The Morgan fingerprint density at radius 2 is 1.62 bits per heavy atom. The fourth-order valence-electron chi connectivity index (χ4n) is 1.99. The van der Waals surface area contributed by atoms with Crippen molar-refractivity contribution < 1.29 is 8.42 Å². The number of hydrogen-bond donors (Lipinski definition) is 2. The third-order valence-electron chi connectivity index (χ3n) is 3.50. The van der Waals surface area contributed by atoms with E-state index in [0.29, 0.717) is 6.54 Å². The van der Waals surface area contributed by atoms with Gasteiger partial charge in [0.25, 0.3) is 0 Å². The molecule has 0 saturated heterocycles. The maximum Gasteiger partial charge on any atom is 0.240 e. The van der Waals surface area contributed by atoms with Crippen LogP contribution >= 0.6 is 0 Å². The molecule has 2 rings (SSSR count). The van der Waals surface area contributed by atoms with Crippen LogP contribution < -0.4 is 10.0 Å². The highest BCUT2D eigenvalue weighted by Gasteiger charge is 2.10. The van der Waals surface area contributed by atoms with E-state index < -0.39 is 10.0 Å². The molecule has 4 nitrogen and oxygen atoms in total. The highest BCUT2D eigenvalue weighted by Crippen LogP contribution is 2.16. The van der Waals surface area contributed by atoms with Crippen LogP contribution in [-0.4, -0.2) is 15.5 Å². The van der Waals surface area contributed by atoms with Gasteiger partial charge in [-0.25, -0.2) is 13.1 Å². The Balaban J connectivity index is 2.05. The van der Waals surface area contributed by atoms with E-state index in [1.807, 2.05) is 0 Å². The van der Waals surface area contributed by atoms with E-state index in [-0.39, 0.29) is 4.90 Å². The first-order valence-electron chi connectivity index (χ1n) is 6.76. The van der Waals surface area contributed by atoms with Gasteiger partial charge in [0.05, 0.1) is 4.90 Å². The molecule has 2 aromatic rings. The molecule has 21 heavy (non-hydrogen) atoms. The summed E-state index contributed by atoms with van der Waals surface area (Å²) in [5.74, 6) is 0. The minimum atomic E-state index is -3.37. The van der Waals surface area contributed by atoms with Gasteiger partial charge in [0.15, 0.2) is 0 Å². The van der Waals surface area contributed by atoms with E-state index >= 15 is 0 Å². The number of aryl methyl sites for hydroxylation is 2. The quantitative estimate of drug-likeness (QED) is 0.893. The van der Waals surface area contributed by atoms with E-state index in [2.05, 4.69) is 42.1 Å². The number of hydrogen-bond acceptors (Lipinski definition) is 3. The molecule has 0 aromatic heterocycles. The molecule has 112 valence electrons. The van der Waals surface area contributed by atoms with E-state index in [1.165, 1.54) is 23.7 Å². The van der Waals surface area contributed by atoms with E-state index in [9.17, 15) is 8.42 Å². The summed E-state index contributed by atoms with van der Waals surface area (Å²) in [7, 11) is -1.97. The molecule has 5 heteroatoms. The van der Waals surface area contributed by atoms with E-state index in [1.54, 1.807) is 24.3 Å². The van der Waals surface area contributed by atoms with E-state index in [4.69, 9.17) is 0 Å². The van der Waals surface area contributed by atoms with Gasteiger partial charge in [-0.2, -0.15) is 0 Å². The van der Waals surface area contributed by atoms with Crippen LogP contribution in [0.4, 0.5) is 5.69 Å². The minimum Gasteiger partial charge on any atom is -0.381 e. The van der Waals surface area contributed by atoms with Crippen LogP contribution in [0.25, 0.3) is 0 Å². The molecule has 0 saturated carbocycles. The van der Waals surface area contributed by atoms with Gasteiger partial charge in [-0.3, -0.25) is 0 Å². The zero-order valence-corrected chi connectivity index (χ0v) is 13.3. The molecule has 0 heterocycles. The first-order chi connectivity index (χ1) is 9.92. The third kappa shape index (κ3) is 3.83. The second-order valence-electron chi connectivity index (χ2n) is 5.00. The van der Waals surface area contributed by atoms with Crippen molar-refractivity contribution in [3.05, 3.63) is 59.2 Å². The molecule has 0 fully saturated rings. The smallest absolute Gasteiger partial charge is 0.240 e. The fourth-order valence-corrected chi connectivity index (χ4v) is 2.72. The summed E-state index contributed by atoms with van der Waals surface area (Å²) >= 11 is 0. The minimum absolute atomic E-state index is 0.265. The van der Waals surface area contributed by atoms with Gasteiger partial charge < -0.3 is 5.32 Å². The molecular weight excluding hydrogens is 284 g/mol. The lowest BCUT2D eigenvalue weighted by Crippen LogP contribution is -2.18. The van der Waals surface area contributed by atoms with Crippen LogP contribution in [0.5, 0.6) is 0 Å². The molecule has 0 aliphatic carbocycles. The van der Waals surface area contributed by atoms with Crippen molar-refractivity contribution in [1.29, 1.82) is 0 Å². The van der Waals surface area contributed by atoms with Gasteiger partial charge in [0.2, 0.25) is 10.0 Å². The van der Waals surface area contributed by atoms with Crippen molar-refractivity contribution in [2.75, 3.05) is 12.4 Å². The van der Waals surface area contributed by atoms with Gasteiger partial charge in [-0.1, -0.05) is 18.2 Å². The third-order valence-corrected chi connectivity index (χ3v) is 4.93. The average molecular weight is 304 g/mol. The predicted molar refractivity (Wildman–Crippen MR) is 85.9 cm³/mol. The monoisotopic (exact) mass is 304 g/mol. The Bertz CT molecular complexity index is 722. The second-order valence-corrected chi connectivity index (χ2v) is 6.89. The van der Waals surface area contributed by atoms with Crippen molar-refractivity contribution in [1.82, 2.24) is 4.72 Å². The van der Waals surface area contributed by atoms with Crippen LogP contribution in [0.3, 0.4) is 0 Å². The average Bonchev–Trinajstić information content (AvgIpc) is 2.49. The molecule has 0 unspecified atom stereocenters. The van der Waals surface area contributed by atoms with Gasteiger partial charge in [0, 0.05) is 12.2 Å². The number of nitrogens with one attached hydrogen (secondary N) is 2. The zero-order chi connectivity index (χ0) is 15.5. The molecule has 0 radical (unpaired) electrons. The van der Waals surface area contributed by atoms with Crippen LogP contribution in [-0.2, 0) is 16.6 Å². The van der Waals surface area contributed by atoms with Gasteiger partial charge in [-0.15, -0.1) is 0 Å². The maximum absolute atomic E-state index is 11.6. The zero-order valence-electron chi connectivity index (χ0n) is 12.5. The molecule has 2 N–H and O–H groups in total. The SMILES string of the molecule is CNS(=O)(=O)c1ccc(NCc2ccc(C)c(C)c2)cc1. The Hall–Kier alpha value is -1.85. The molecule has 0 amide bonds. The first kappa shape index (κ1) is 15.5. The maximum atomic E-state index is 11.6. The van der Waals surface area contributed by atoms with Crippen LogP contribution in [0, 0.1) is 13.8 Å². The van der Waals surface area contributed by atoms with Gasteiger partial charge in [0.1, 0.15) is 0 Å². The number of anilines is 1. The van der Waals surface area contributed by atoms with Crippen molar-refractivity contribution in [2.24, 2.45) is 0 Å². The highest BCUT2D eigenvalue weighted by molar-refractivity contribution is 7.89. The number of sulfonamides is 1. The standard InChI is InChI=1S/C16H20N2O2S/c1-12-4-5-14(10-13(12)2)11-18-15-6-8-16(9-7-15)21(19,20)17-3/h4-10,17-18H,11H2,1-3H3. The molecular formula is C16H20N2O2S. The lowest BCUT2D eigenvalue weighted by Gasteiger charge is -2.09. The lowest BCUT2D eigenvalue weighted by molar-refractivity contribution is 0.588. The molecule has 0 aliphatic rings. The van der Waals surface area contributed by atoms with Crippen LogP contribution in [0.1, 0.15) is 16.7 Å². The summed E-state index contributed by atoms with van der Waals surface area (Å²) < 4.78 is 25.6. The van der Waals surface area contributed by atoms with Crippen molar-refractivity contribution in [3.63, 3.8) is 0 Å². The van der Waals surface area contributed by atoms with Crippen molar-refractivity contribution in [2.45, 2.75) is 25.3 Å². The predicted octanol–water partition coefficient (Wildman–Crippen LogP) is 2.82. The molecule has 0 spiro atoms. The summed E-state index contributed by atoms with van der Waals surface area (Å²) in [6.45, 7) is 4.89. The normalized spacial score (nSPS) is 11.4. The molecule has 0 bridgehead atoms. The van der Waals surface area contributed by atoms with Gasteiger partial charge in [-0.05, 0) is 61.9 Å². The Labute approximate surface area is 126 Å². The van der Waals surface area contributed by atoms with Gasteiger partial charge >= 0.3 is 0 Å². The number of benzene rings is 2. The van der Waals surface area contributed by atoms with Crippen LogP contribution in [0.2, 0.25) is 0 Å². The van der Waals surface area contributed by atoms with Crippen molar-refractivity contribution >= 4 is 15.7 Å². The second kappa shape index (κ2) is 6.28. The fraction of sp³-hybridized carbons (Fsp3) is 0.250. The topological polar surface area (TPSA) is 58.2 Å². The summed E-state index contributed by atoms with van der Waals surface area (Å²) in [4.78, 5) is 0.265. The Morgan fingerprint density at radius 3 is 2.19 bits per heavy atom. The highest BCUT2D eigenvalue weighted by atomic mass is 32.2. The van der Waals surface area contributed by atoms with Crippen molar-refractivity contribution in [3.8, 4) is 0 Å². The molecule has 0 aliphatic heterocycles. The number of rotatable bonds is 5. The summed E-state index contributed by atoms with van der Waals surface area (Å²) in [6.07, 6.45) is 0. The Morgan fingerprint density at radius 1 is 0.952 bits per heavy atom. The Kier molecular flexibility index (Phi) is 4.65. The summed E-state index contributed by atoms with van der Waals surface area (Å²) in [6, 6.07) is 13.1. The first-order valence-corrected chi connectivity index (χ1v) is 8.24. The molecule has 0 atom stereocenters. The lowest BCUT2D eigenvalue weighted by atomic mass is 10.1.